The number of hydrogen-bond donors (Lipinski definition) is 2. The van der Waals surface area contributed by atoms with Crippen LogP contribution in [0, 0.1) is 13.8 Å². The second-order valence-corrected chi connectivity index (χ2v) is 7.69. The van der Waals surface area contributed by atoms with E-state index in [2.05, 4.69) is 20.5 Å². The highest BCUT2D eigenvalue weighted by Crippen LogP contribution is 2.24. The summed E-state index contributed by atoms with van der Waals surface area (Å²) >= 11 is 1.20. The molecule has 1 amide bonds. The highest BCUT2D eigenvalue weighted by atomic mass is 32.2. The first-order valence-electron chi connectivity index (χ1n) is 9.05. The third kappa shape index (κ3) is 4.67. The monoisotopic (exact) mass is 394 g/mol. The Balaban J connectivity index is 1.75. The van der Waals surface area contributed by atoms with Crippen molar-refractivity contribution in [1.82, 2.24) is 15.2 Å². The summed E-state index contributed by atoms with van der Waals surface area (Å²) in [5, 5.41) is 11.1. The Morgan fingerprint density at radius 3 is 2.57 bits per heavy atom. The molecule has 0 saturated carbocycles. The van der Waals surface area contributed by atoms with Crippen molar-refractivity contribution in [1.29, 1.82) is 0 Å². The van der Waals surface area contributed by atoms with Crippen molar-refractivity contribution in [2.45, 2.75) is 37.6 Å². The van der Waals surface area contributed by atoms with Gasteiger partial charge in [0.15, 0.2) is 10.9 Å². The van der Waals surface area contributed by atoms with Crippen molar-refractivity contribution in [3.8, 4) is 11.3 Å². The van der Waals surface area contributed by atoms with E-state index in [-0.39, 0.29) is 17.2 Å². The fraction of sp³-hybridized carbons (Fsp3) is 0.238. The Kier molecular flexibility index (Phi) is 6.26. The Hall–Kier alpha value is -2.93. The Morgan fingerprint density at radius 1 is 1.14 bits per heavy atom. The Morgan fingerprint density at radius 2 is 1.89 bits per heavy atom. The second-order valence-electron chi connectivity index (χ2n) is 6.50. The van der Waals surface area contributed by atoms with Crippen molar-refractivity contribution < 1.29 is 4.79 Å². The molecule has 2 N–H and O–H groups in total. The number of amides is 1. The van der Waals surface area contributed by atoms with E-state index in [1.54, 1.807) is 12.1 Å². The van der Waals surface area contributed by atoms with Gasteiger partial charge in [0.25, 0.3) is 5.56 Å². The molecular weight excluding hydrogens is 372 g/mol. The lowest BCUT2D eigenvalue weighted by atomic mass is 10.1. The molecule has 1 heterocycles. The Bertz CT molecular complexity index is 1030. The van der Waals surface area contributed by atoms with Gasteiger partial charge in [0.1, 0.15) is 0 Å². The third-order valence-corrected chi connectivity index (χ3v) is 5.53. The van der Waals surface area contributed by atoms with E-state index in [0.29, 0.717) is 17.1 Å². The van der Waals surface area contributed by atoms with Gasteiger partial charge in [-0.15, -0.1) is 10.2 Å². The van der Waals surface area contributed by atoms with Gasteiger partial charge in [-0.05, 0) is 37.5 Å². The molecule has 0 aliphatic rings. The Labute approximate surface area is 167 Å². The SMILES string of the molecule is CCC(Sc1nnc(-c2ccccc2)c(=O)[nH]1)C(=O)Nc1cc(C)ccc1C. The average Bonchev–Trinajstić information content (AvgIpc) is 2.69. The second kappa shape index (κ2) is 8.84. The molecule has 0 bridgehead atoms. The predicted molar refractivity (Wildman–Crippen MR) is 113 cm³/mol. The first-order valence-corrected chi connectivity index (χ1v) is 9.93. The average molecular weight is 395 g/mol. The quantitative estimate of drug-likeness (QED) is 0.618. The molecule has 2 aromatic carbocycles. The maximum atomic E-state index is 12.7. The molecule has 3 rings (SSSR count). The minimum absolute atomic E-state index is 0.129. The lowest BCUT2D eigenvalue weighted by Crippen LogP contribution is -2.26. The normalized spacial score (nSPS) is 11.8. The number of aromatic nitrogens is 3. The summed E-state index contributed by atoms with van der Waals surface area (Å²) in [5.41, 5.74) is 3.51. The van der Waals surface area contributed by atoms with Crippen LogP contribution in [0.1, 0.15) is 24.5 Å². The topological polar surface area (TPSA) is 87.7 Å². The minimum atomic E-state index is -0.396. The number of benzene rings is 2. The van der Waals surface area contributed by atoms with Gasteiger partial charge in [0.2, 0.25) is 5.91 Å². The maximum Gasteiger partial charge on any atom is 0.278 e. The molecule has 1 unspecified atom stereocenters. The van der Waals surface area contributed by atoms with Crippen LogP contribution in [0.15, 0.2) is 58.5 Å². The van der Waals surface area contributed by atoms with Crippen LogP contribution < -0.4 is 10.9 Å². The molecule has 0 aliphatic heterocycles. The highest BCUT2D eigenvalue weighted by Gasteiger charge is 2.21. The van der Waals surface area contributed by atoms with Gasteiger partial charge in [0, 0.05) is 11.3 Å². The third-order valence-electron chi connectivity index (χ3n) is 4.29. The fourth-order valence-electron chi connectivity index (χ4n) is 2.70. The van der Waals surface area contributed by atoms with Gasteiger partial charge in [0.05, 0.1) is 5.25 Å². The number of aromatic amines is 1. The zero-order chi connectivity index (χ0) is 20.1. The van der Waals surface area contributed by atoms with Gasteiger partial charge in [-0.3, -0.25) is 14.6 Å². The van der Waals surface area contributed by atoms with Crippen LogP contribution in [0.25, 0.3) is 11.3 Å². The number of thioether (sulfide) groups is 1. The number of rotatable bonds is 6. The minimum Gasteiger partial charge on any atom is -0.325 e. The number of carbonyl (C=O) groups is 1. The first-order chi connectivity index (χ1) is 13.5. The number of nitrogens with one attached hydrogen (secondary N) is 2. The van der Waals surface area contributed by atoms with Crippen LogP contribution >= 0.6 is 11.8 Å². The molecule has 0 fully saturated rings. The van der Waals surface area contributed by atoms with Gasteiger partial charge < -0.3 is 5.32 Å². The smallest absolute Gasteiger partial charge is 0.278 e. The van der Waals surface area contributed by atoms with E-state index in [1.165, 1.54) is 11.8 Å². The number of H-pyrrole nitrogens is 1. The maximum absolute atomic E-state index is 12.7. The number of carbonyl (C=O) groups excluding carboxylic acids is 1. The molecule has 7 heteroatoms. The number of hydrogen-bond acceptors (Lipinski definition) is 5. The van der Waals surface area contributed by atoms with Crippen molar-refractivity contribution in [2.24, 2.45) is 0 Å². The van der Waals surface area contributed by atoms with Crippen molar-refractivity contribution >= 4 is 23.4 Å². The van der Waals surface area contributed by atoms with Gasteiger partial charge >= 0.3 is 0 Å². The summed E-state index contributed by atoms with van der Waals surface area (Å²) in [5.74, 6) is -0.129. The summed E-state index contributed by atoms with van der Waals surface area (Å²) in [4.78, 5) is 27.8. The van der Waals surface area contributed by atoms with Crippen LogP contribution in [0.5, 0.6) is 0 Å². The molecule has 3 aromatic rings. The molecule has 0 radical (unpaired) electrons. The predicted octanol–water partition coefficient (Wildman–Crippen LogP) is 3.96. The van der Waals surface area contributed by atoms with E-state index in [0.717, 1.165) is 16.8 Å². The molecule has 0 saturated heterocycles. The van der Waals surface area contributed by atoms with E-state index >= 15 is 0 Å². The summed E-state index contributed by atoms with van der Waals surface area (Å²) in [6, 6.07) is 15.1. The molecular formula is C21H22N4O2S. The summed E-state index contributed by atoms with van der Waals surface area (Å²) in [6.45, 7) is 5.86. The largest absolute Gasteiger partial charge is 0.325 e. The standard InChI is InChI=1S/C21H22N4O2S/c1-4-17(19(26)22-16-12-13(2)10-11-14(16)3)28-21-23-20(27)18(24-25-21)15-8-6-5-7-9-15/h5-12,17H,4H2,1-3H3,(H,22,26)(H,23,25,27). The van der Waals surface area contributed by atoms with E-state index in [4.69, 9.17) is 0 Å². The van der Waals surface area contributed by atoms with E-state index in [9.17, 15) is 9.59 Å². The van der Waals surface area contributed by atoms with Gasteiger partial charge in [-0.2, -0.15) is 0 Å². The van der Waals surface area contributed by atoms with Crippen molar-refractivity contribution in [3.63, 3.8) is 0 Å². The summed E-state index contributed by atoms with van der Waals surface area (Å²) in [6.07, 6.45) is 0.589. The molecule has 28 heavy (non-hydrogen) atoms. The lowest BCUT2D eigenvalue weighted by Gasteiger charge is -2.15. The molecule has 144 valence electrons. The van der Waals surface area contributed by atoms with Gasteiger partial charge in [-0.1, -0.05) is 61.2 Å². The highest BCUT2D eigenvalue weighted by molar-refractivity contribution is 8.00. The fourth-order valence-corrected chi connectivity index (χ4v) is 3.54. The number of aryl methyl sites for hydroxylation is 2. The molecule has 1 atom stereocenters. The number of nitrogens with zero attached hydrogens (tertiary/aromatic N) is 2. The van der Waals surface area contributed by atoms with Crippen molar-refractivity contribution in [2.75, 3.05) is 5.32 Å². The summed E-state index contributed by atoms with van der Waals surface area (Å²) < 4.78 is 0. The first kappa shape index (κ1) is 19.8. The zero-order valence-electron chi connectivity index (χ0n) is 16.0. The van der Waals surface area contributed by atoms with Crippen molar-refractivity contribution in [3.05, 3.63) is 70.0 Å². The summed E-state index contributed by atoms with van der Waals surface area (Å²) in [7, 11) is 0. The molecule has 0 spiro atoms. The van der Waals surface area contributed by atoms with Crippen LogP contribution in [-0.4, -0.2) is 26.3 Å². The molecule has 6 nitrogen and oxygen atoms in total. The van der Waals surface area contributed by atoms with Crippen LogP contribution in [0.3, 0.4) is 0 Å². The van der Waals surface area contributed by atoms with Crippen LogP contribution in [-0.2, 0) is 4.79 Å². The lowest BCUT2D eigenvalue weighted by molar-refractivity contribution is -0.115. The molecule has 0 aliphatic carbocycles. The molecule has 1 aromatic heterocycles. The van der Waals surface area contributed by atoms with E-state index < -0.39 is 5.25 Å². The zero-order valence-corrected chi connectivity index (χ0v) is 16.8. The van der Waals surface area contributed by atoms with Gasteiger partial charge in [-0.25, -0.2) is 0 Å². The van der Waals surface area contributed by atoms with Crippen LogP contribution in [0.4, 0.5) is 5.69 Å². The van der Waals surface area contributed by atoms with E-state index in [1.807, 2.05) is 57.2 Å². The number of anilines is 1. The van der Waals surface area contributed by atoms with Crippen LogP contribution in [0.2, 0.25) is 0 Å².